The molecule has 94 valence electrons. The summed E-state index contributed by atoms with van der Waals surface area (Å²) in [5.41, 5.74) is 0. The van der Waals surface area contributed by atoms with Gasteiger partial charge in [0.2, 0.25) is 0 Å². The minimum atomic E-state index is -4.93. The zero-order valence-electron chi connectivity index (χ0n) is 8.05. The molecule has 0 aromatic rings. The molecular formula is C7H9F4NO4. The quantitative estimate of drug-likeness (QED) is 0.653. The number of ether oxygens (including phenoxy) is 1. The molecular weight excluding hydrogens is 238 g/mol. The van der Waals surface area contributed by atoms with Gasteiger partial charge in [-0.25, -0.2) is 13.6 Å². The Hall–Kier alpha value is -1.38. The summed E-state index contributed by atoms with van der Waals surface area (Å²) in [4.78, 5) is 21.0. The van der Waals surface area contributed by atoms with E-state index >= 15 is 0 Å². The topological polar surface area (TPSA) is 75.6 Å². The van der Waals surface area contributed by atoms with Crippen molar-refractivity contribution in [1.29, 1.82) is 0 Å². The number of nitrogens with one attached hydrogen (secondary N) is 1. The van der Waals surface area contributed by atoms with E-state index in [1.165, 1.54) is 5.32 Å². The Kier molecular flexibility index (Phi) is 5.15. The lowest BCUT2D eigenvalue weighted by atomic mass is 10.2. The van der Waals surface area contributed by atoms with Crippen LogP contribution in [0.15, 0.2) is 0 Å². The minimum absolute atomic E-state index is 0.611. The van der Waals surface area contributed by atoms with Gasteiger partial charge in [0.05, 0.1) is 6.61 Å². The first-order valence-electron chi connectivity index (χ1n) is 3.92. The lowest BCUT2D eigenvalue weighted by Gasteiger charge is -2.18. The van der Waals surface area contributed by atoms with E-state index < -0.39 is 36.9 Å². The van der Waals surface area contributed by atoms with Crippen LogP contribution in [0.2, 0.25) is 0 Å². The van der Waals surface area contributed by atoms with Crippen molar-refractivity contribution in [2.75, 3.05) is 13.7 Å². The first-order chi connectivity index (χ1) is 7.23. The zero-order chi connectivity index (χ0) is 12.9. The number of alkyl halides is 4. The zero-order valence-corrected chi connectivity index (χ0v) is 8.05. The number of carboxylic acids is 1. The summed E-state index contributed by atoms with van der Waals surface area (Å²) < 4.78 is 52.5. The Morgan fingerprint density at radius 2 is 1.94 bits per heavy atom. The van der Waals surface area contributed by atoms with Crippen LogP contribution in [0.5, 0.6) is 0 Å². The smallest absolute Gasteiger partial charge is 0.383 e. The lowest BCUT2D eigenvalue weighted by molar-refractivity contribution is -0.172. The van der Waals surface area contributed by atoms with Crippen molar-refractivity contribution in [2.24, 2.45) is 0 Å². The fourth-order valence-corrected chi connectivity index (χ4v) is 0.695. The van der Waals surface area contributed by atoms with Crippen molar-refractivity contribution in [3.05, 3.63) is 0 Å². The maximum absolute atomic E-state index is 12.4. The van der Waals surface area contributed by atoms with Crippen LogP contribution in [0.1, 0.15) is 0 Å². The molecule has 0 spiro atoms. The Morgan fingerprint density at radius 1 is 1.44 bits per heavy atom. The standard InChI is InChI=1S/C7H9F4NO4/c1-16-2-3(4(13)14)12-6(15)7(10,11)5(8)9/h3,5H,2H2,1H3,(H,12,15)(H,13,14). The van der Waals surface area contributed by atoms with Crippen molar-refractivity contribution in [2.45, 2.75) is 18.4 Å². The number of carboxylic acid groups (broad SMARTS) is 1. The molecule has 1 amide bonds. The van der Waals surface area contributed by atoms with Gasteiger partial charge in [-0.15, -0.1) is 0 Å². The van der Waals surface area contributed by atoms with Crippen LogP contribution < -0.4 is 5.32 Å². The van der Waals surface area contributed by atoms with Crippen molar-refractivity contribution < 1.29 is 37.0 Å². The second-order valence-electron chi connectivity index (χ2n) is 2.74. The van der Waals surface area contributed by atoms with Gasteiger partial charge in [-0.3, -0.25) is 4.79 Å². The van der Waals surface area contributed by atoms with Crippen LogP contribution in [-0.4, -0.2) is 49.1 Å². The fourth-order valence-electron chi connectivity index (χ4n) is 0.695. The molecule has 0 bridgehead atoms. The highest BCUT2D eigenvalue weighted by atomic mass is 19.3. The molecule has 5 nitrogen and oxygen atoms in total. The molecule has 2 N–H and O–H groups in total. The van der Waals surface area contributed by atoms with E-state index in [4.69, 9.17) is 5.11 Å². The molecule has 1 unspecified atom stereocenters. The van der Waals surface area contributed by atoms with Crippen molar-refractivity contribution in [3.63, 3.8) is 0 Å². The summed E-state index contributed by atoms with van der Waals surface area (Å²) in [6.07, 6.45) is -4.20. The van der Waals surface area contributed by atoms with Crippen molar-refractivity contribution in [3.8, 4) is 0 Å². The van der Waals surface area contributed by atoms with E-state index in [1.807, 2.05) is 0 Å². The number of hydrogen-bond acceptors (Lipinski definition) is 3. The molecule has 0 rings (SSSR count). The maximum atomic E-state index is 12.4. The molecule has 0 saturated carbocycles. The number of halogens is 4. The van der Waals surface area contributed by atoms with Crippen LogP contribution in [-0.2, 0) is 14.3 Å². The Morgan fingerprint density at radius 3 is 2.25 bits per heavy atom. The molecule has 0 aliphatic carbocycles. The van der Waals surface area contributed by atoms with Gasteiger partial charge in [0.25, 0.3) is 5.91 Å². The van der Waals surface area contributed by atoms with Gasteiger partial charge in [0.15, 0.2) is 6.04 Å². The van der Waals surface area contributed by atoms with Gasteiger partial charge < -0.3 is 15.2 Å². The third-order valence-electron chi connectivity index (χ3n) is 1.51. The van der Waals surface area contributed by atoms with Gasteiger partial charge >= 0.3 is 18.3 Å². The fraction of sp³-hybridized carbons (Fsp3) is 0.714. The molecule has 0 radical (unpaired) electrons. The number of amides is 1. The molecule has 9 heteroatoms. The van der Waals surface area contributed by atoms with E-state index in [1.54, 1.807) is 0 Å². The summed E-state index contributed by atoms with van der Waals surface area (Å²) in [5, 5.41) is 9.68. The molecule has 16 heavy (non-hydrogen) atoms. The largest absolute Gasteiger partial charge is 0.480 e. The van der Waals surface area contributed by atoms with Gasteiger partial charge in [-0.1, -0.05) is 0 Å². The highest BCUT2D eigenvalue weighted by molar-refractivity contribution is 5.88. The summed E-state index contributed by atoms with van der Waals surface area (Å²) in [7, 11) is 1.06. The normalized spacial score (nSPS) is 13.6. The molecule has 0 fully saturated rings. The van der Waals surface area contributed by atoms with E-state index in [0.29, 0.717) is 0 Å². The first-order valence-corrected chi connectivity index (χ1v) is 3.92. The monoisotopic (exact) mass is 247 g/mol. The van der Waals surface area contributed by atoms with E-state index in [2.05, 4.69) is 4.74 Å². The first kappa shape index (κ1) is 14.6. The Labute approximate surface area is 87.4 Å². The summed E-state index contributed by atoms with van der Waals surface area (Å²) in [5.74, 6) is -8.95. The number of carbonyl (C=O) groups excluding carboxylic acids is 1. The average Bonchev–Trinajstić information content (AvgIpc) is 2.16. The predicted octanol–water partition coefficient (Wildman–Crippen LogP) is 0.103. The van der Waals surface area contributed by atoms with E-state index in [-0.39, 0.29) is 0 Å². The van der Waals surface area contributed by atoms with Gasteiger partial charge in [-0.05, 0) is 0 Å². The molecule has 0 heterocycles. The van der Waals surface area contributed by atoms with E-state index in [9.17, 15) is 27.2 Å². The van der Waals surface area contributed by atoms with Crippen LogP contribution in [0.4, 0.5) is 17.6 Å². The Balaban J connectivity index is 4.58. The van der Waals surface area contributed by atoms with Gasteiger partial charge in [0.1, 0.15) is 0 Å². The highest BCUT2D eigenvalue weighted by Crippen LogP contribution is 2.22. The van der Waals surface area contributed by atoms with Crippen LogP contribution in [0, 0.1) is 0 Å². The minimum Gasteiger partial charge on any atom is -0.480 e. The molecule has 0 aliphatic heterocycles. The maximum Gasteiger partial charge on any atom is 0.383 e. The van der Waals surface area contributed by atoms with Crippen LogP contribution in [0.3, 0.4) is 0 Å². The van der Waals surface area contributed by atoms with Gasteiger partial charge in [0, 0.05) is 7.11 Å². The average molecular weight is 247 g/mol. The lowest BCUT2D eigenvalue weighted by Crippen LogP contribution is -2.52. The Bertz CT molecular complexity index is 271. The number of rotatable bonds is 6. The molecule has 0 aromatic heterocycles. The molecule has 0 aromatic carbocycles. The summed E-state index contributed by atoms with van der Waals surface area (Å²) in [6.45, 7) is -0.611. The highest BCUT2D eigenvalue weighted by Gasteiger charge is 2.49. The number of aliphatic carboxylic acids is 1. The van der Waals surface area contributed by atoms with Gasteiger partial charge in [-0.2, -0.15) is 8.78 Å². The second kappa shape index (κ2) is 5.64. The van der Waals surface area contributed by atoms with Crippen molar-refractivity contribution in [1.82, 2.24) is 5.32 Å². The molecule has 1 atom stereocenters. The second-order valence-corrected chi connectivity index (χ2v) is 2.74. The summed E-state index contributed by atoms with van der Waals surface area (Å²) in [6, 6.07) is -1.80. The SMILES string of the molecule is COCC(NC(=O)C(F)(F)C(F)F)C(=O)O. The van der Waals surface area contributed by atoms with Crippen LogP contribution >= 0.6 is 0 Å². The third kappa shape index (κ3) is 3.65. The van der Waals surface area contributed by atoms with E-state index in [0.717, 1.165) is 7.11 Å². The number of hydrogen-bond donors (Lipinski definition) is 2. The summed E-state index contributed by atoms with van der Waals surface area (Å²) >= 11 is 0. The number of carbonyl (C=O) groups is 2. The third-order valence-corrected chi connectivity index (χ3v) is 1.51. The predicted molar refractivity (Wildman–Crippen MR) is 42.4 cm³/mol. The molecule has 0 aliphatic rings. The molecule has 0 saturated heterocycles. The van der Waals surface area contributed by atoms with Crippen molar-refractivity contribution >= 4 is 11.9 Å². The van der Waals surface area contributed by atoms with Crippen LogP contribution in [0.25, 0.3) is 0 Å². The number of methoxy groups -OCH3 is 1.